The second kappa shape index (κ2) is 14.4. The topological polar surface area (TPSA) is 39.7 Å². The molecule has 0 aliphatic carbocycles. The zero-order chi connectivity index (χ0) is 15.1. The summed E-state index contributed by atoms with van der Waals surface area (Å²) in [5.41, 5.74) is -0.223. The average molecular weight is 330 g/mol. The first-order chi connectivity index (χ1) is 9.68. The SMILES string of the molecule is CCCCOCCOCCOCCNC(C)(CCl)CCl. The van der Waals surface area contributed by atoms with Gasteiger partial charge in [-0.15, -0.1) is 23.2 Å². The lowest BCUT2D eigenvalue weighted by Gasteiger charge is -2.25. The first kappa shape index (κ1) is 20.4. The molecule has 4 nitrogen and oxygen atoms in total. The molecule has 6 heteroatoms. The van der Waals surface area contributed by atoms with Gasteiger partial charge in [0.2, 0.25) is 0 Å². The van der Waals surface area contributed by atoms with Gasteiger partial charge in [0.15, 0.2) is 0 Å². The Hall–Kier alpha value is 0.420. The Kier molecular flexibility index (Phi) is 14.7. The van der Waals surface area contributed by atoms with Gasteiger partial charge in [0.05, 0.1) is 33.0 Å². The molecule has 0 aliphatic rings. The monoisotopic (exact) mass is 329 g/mol. The minimum Gasteiger partial charge on any atom is -0.379 e. The highest BCUT2D eigenvalue weighted by Crippen LogP contribution is 2.07. The molecule has 0 atom stereocenters. The van der Waals surface area contributed by atoms with Crippen molar-refractivity contribution in [2.75, 3.05) is 57.9 Å². The molecule has 122 valence electrons. The van der Waals surface area contributed by atoms with Gasteiger partial charge in [0.25, 0.3) is 0 Å². The Morgan fingerprint density at radius 1 is 0.850 bits per heavy atom. The van der Waals surface area contributed by atoms with Crippen molar-refractivity contribution in [2.24, 2.45) is 0 Å². The number of rotatable bonds is 15. The van der Waals surface area contributed by atoms with Crippen LogP contribution in [0, 0.1) is 0 Å². The lowest BCUT2D eigenvalue weighted by molar-refractivity contribution is 0.0141. The molecule has 0 aromatic heterocycles. The Morgan fingerprint density at radius 2 is 1.35 bits per heavy atom. The van der Waals surface area contributed by atoms with Crippen LogP contribution in [0.3, 0.4) is 0 Å². The summed E-state index contributed by atoms with van der Waals surface area (Å²) in [7, 11) is 0. The van der Waals surface area contributed by atoms with Gasteiger partial charge in [-0.25, -0.2) is 0 Å². The van der Waals surface area contributed by atoms with E-state index in [4.69, 9.17) is 37.4 Å². The molecular formula is C14H29Cl2NO3. The summed E-state index contributed by atoms with van der Waals surface area (Å²) in [5, 5.41) is 3.28. The van der Waals surface area contributed by atoms with E-state index in [1.165, 1.54) is 0 Å². The number of nitrogens with one attached hydrogen (secondary N) is 1. The molecule has 0 spiro atoms. The van der Waals surface area contributed by atoms with Gasteiger partial charge < -0.3 is 19.5 Å². The fourth-order valence-electron chi connectivity index (χ4n) is 1.34. The van der Waals surface area contributed by atoms with E-state index in [0.717, 1.165) is 26.0 Å². The molecule has 0 aromatic rings. The first-order valence-electron chi connectivity index (χ1n) is 7.28. The van der Waals surface area contributed by atoms with Crippen molar-refractivity contribution in [3.05, 3.63) is 0 Å². The number of alkyl halides is 2. The molecular weight excluding hydrogens is 301 g/mol. The van der Waals surface area contributed by atoms with Crippen molar-refractivity contribution in [1.29, 1.82) is 0 Å². The van der Waals surface area contributed by atoms with Gasteiger partial charge in [0, 0.05) is 30.5 Å². The van der Waals surface area contributed by atoms with E-state index in [1.54, 1.807) is 0 Å². The minimum atomic E-state index is -0.223. The summed E-state index contributed by atoms with van der Waals surface area (Å²) in [6.07, 6.45) is 2.27. The molecule has 0 radical (unpaired) electrons. The average Bonchev–Trinajstić information content (AvgIpc) is 2.48. The van der Waals surface area contributed by atoms with E-state index in [-0.39, 0.29) is 5.54 Å². The Labute approximate surface area is 133 Å². The maximum atomic E-state index is 5.83. The summed E-state index contributed by atoms with van der Waals surface area (Å²) >= 11 is 11.7. The van der Waals surface area contributed by atoms with Crippen molar-refractivity contribution in [1.82, 2.24) is 5.32 Å². The molecule has 0 aliphatic heterocycles. The van der Waals surface area contributed by atoms with Crippen LogP contribution < -0.4 is 5.32 Å². The molecule has 0 unspecified atom stereocenters. The molecule has 1 N–H and O–H groups in total. The third-order valence-corrected chi connectivity index (χ3v) is 3.95. The summed E-state index contributed by atoms with van der Waals surface area (Å²) in [6.45, 7) is 8.79. The van der Waals surface area contributed by atoms with Crippen LogP contribution in [0.4, 0.5) is 0 Å². The van der Waals surface area contributed by atoms with Crippen LogP contribution in [-0.2, 0) is 14.2 Å². The number of hydrogen-bond acceptors (Lipinski definition) is 4. The second-order valence-electron chi connectivity index (χ2n) is 4.95. The van der Waals surface area contributed by atoms with E-state index >= 15 is 0 Å². The molecule has 0 rings (SSSR count). The van der Waals surface area contributed by atoms with E-state index < -0.39 is 0 Å². The fraction of sp³-hybridized carbons (Fsp3) is 1.00. The normalized spacial score (nSPS) is 12.0. The van der Waals surface area contributed by atoms with Crippen LogP contribution in [0.5, 0.6) is 0 Å². The highest BCUT2D eigenvalue weighted by atomic mass is 35.5. The largest absolute Gasteiger partial charge is 0.379 e. The van der Waals surface area contributed by atoms with Gasteiger partial charge >= 0.3 is 0 Å². The highest BCUT2D eigenvalue weighted by Gasteiger charge is 2.20. The standard InChI is InChI=1S/C14H29Cl2NO3/c1-3-4-6-18-8-10-20-11-9-19-7-5-17-14(2,12-15)13-16/h17H,3-13H2,1-2H3. The summed E-state index contributed by atoms with van der Waals surface area (Å²) in [6, 6.07) is 0. The molecule has 0 saturated heterocycles. The summed E-state index contributed by atoms with van der Waals surface area (Å²) < 4.78 is 16.2. The maximum Gasteiger partial charge on any atom is 0.0701 e. The summed E-state index contributed by atoms with van der Waals surface area (Å²) in [5.74, 6) is 0.968. The van der Waals surface area contributed by atoms with Crippen LogP contribution in [0.2, 0.25) is 0 Å². The van der Waals surface area contributed by atoms with Gasteiger partial charge in [-0.05, 0) is 13.3 Å². The zero-order valence-corrected chi connectivity index (χ0v) is 14.3. The van der Waals surface area contributed by atoms with E-state index in [0.29, 0.717) is 44.8 Å². The van der Waals surface area contributed by atoms with Gasteiger partial charge in [-0.3, -0.25) is 0 Å². The Morgan fingerprint density at radius 3 is 1.85 bits per heavy atom. The molecule has 0 fully saturated rings. The smallest absolute Gasteiger partial charge is 0.0701 e. The van der Waals surface area contributed by atoms with Crippen LogP contribution in [0.1, 0.15) is 26.7 Å². The highest BCUT2D eigenvalue weighted by molar-refractivity contribution is 6.22. The second-order valence-corrected chi connectivity index (χ2v) is 5.48. The quantitative estimate of drug-likeness (QED) is 0.370. The Balaban J connectivity index is 3.17. The molecule has 0 saturated carbocycles. The lowest BCUT2D eigenvalue weighted by atomic mass is 10.1. The van der Waals surface area contributed by atoms with Crippen molar-refractivity contribution >= 4 is 23.2 Å². The van der Waals surface area contributed by atoms with Crippen LogP contribution in [0.25, 0.3) is 0 Å². The van der Waals surface area contributed by atoms with Crippen molar-refractivity contribution in [3.8, 4) is 0 Å². The number of ether oxygens (including phenoxy) is 3. The minimum absolute atomic E-state index is 0.223. The predicted molar refractivity (Wildman–Crippen MR) is 85.2 cm³/mol. The van der Waals surface area contributed by atoms with Crippen LogP contribution in [-0.4, -0.2) is 63.5 Å². The molecule has 0 amide bonds. The van der Waals surface area contributed by atoms with Gasteiger partial charge in [-0.2, -0.15) is 0 Å². The third kappa shape index (κ3) is 12.2. The van der Waals surface area contributed by atoms with Gasteiger partial charge in [0.1, 0.15) is 0 Å². The van der Waals surface area contributed by atoms with Crippen LogP contribution in [0.15, 0.2) is 0 Å². The molecule has 20 heavy (non-hydrogen) atoms. The Bertz CT molecular complexity index is 205. The lowest BCUT2D eigenvalue weighted by Crippen LogP contribution is -2.47. The molecule has 0 bridgehead atoms. The van der Waals surface area contributed by atoms with Crippen molar-refractivity contribution in [3.63, 3.8) is 0 Å². The number of hydrogen-bond donors (Lipinski definition) is 1. The van der Waals surface area contributed by atoms with E-state index in [9.17, 15) is 0 Å². The molecule has 0 aromatic carbocycles. The maximum absolute atomic E-state index is 5.83. The first-order valence-corrected chi connectivity index (χ1v) is 8.35. The molecule has 0 heterocycles. The van der Waals surface area contributed by atoms with E-state index in [1.807, 2.05) is 6.92 Å². The third-order valence-electron chi connectivity index (χ3n) is 2.77. The number of halogens is 2. The summed E-state index contributed by atoms with van der Waals surface area (Å²) in [4.78, 5) is 0. The zero-order valence-electron chi connectivity index (χ0n) is 12.8. The number of unbranched alkanes of at least 4 members (excludes halogenated alkanes) is 1. The van der Waals surface area contributed by atoms with Crippen molar-refractivity contribution < 1.29 is 14.2 Å². The van der Waals surface area contributed by atoms with Crippen LogP contribution >= 0.6 is 23.2 Å². The predicted octanol–water partition coefficient (Wildman–Crippen LogP) is 2.66. The van der Waals surface area contributed by atoms with Gasteiger partial charge in [-0.1, -0.05) is 13.3 Å². The fourth-order valence-corrected chi connectivity index (χ4v) is 1.82. The van der Waals surface area contributed by atoms with Crippen molar-refractivity contribution in [2.45, 2.75) is 32.2 Å². The van der Waals surface area contributed by atoms with E-state index in [2.05, 4.69) is 12.2 Å².